The van der Waals surface area contributed by atoms with Crippen LogP contribution < -0.4 is 5.69 Å². The molecule has 2 aromatic carbocycles. The van der Waals surface area contributed by atoms with Crippen molar-refractivity contribution in [1.29, 1.82) is 0 Å². The van der Waals surface area contributed by atoms with Crippen LogP contribution in [0.25, 0.3) is 16.9 Å². The van der Waals surface area contributed by atoms with Gasteiger partial charge in [0.05, 0.1) is 12.2 Å². The van der Waals surface area contributed by atoms with Crippen LogP contribution in [0.3, 0.4) is 0 Å². The Morgan fingerprint density at radius 1 is 0.880 bits per heavy atom. The van der Waals surface area contributed by atoms with E-state index in [4.69, 9.17) is 0 Å². The van der Waals surface area contributed by atoms with Gasteiger partial charge in [-0.1, -0.05) is 30.3 Å². The van der Waals surface area contributed by atoms with Crippen molar-refractivity contribution in [3.63, 3.8) is 0 Å². The quantitative estimate of drug-likeness (QED) is 0.577. The third kappa shape index (κ3) is 2.91. The molecule has 124 valence electrons. The van der Waals surface area contributed by atoms with Crippen molar-refractivity contribution in [1.82, 2.24) is 19.4 Å². The third-order valence-corrected chi connectivity index (χ3v) is 3.76. The summed E-state index contributed by atoms with van der Waals surface area (Å²) < 4.78 is 28.9. The number of hydrogen-bond donors (Lipinski definition) is 0. The van der Waals surface area contributed by atoms with E-state index in [0.29, 0.717) is 16.9 Å². The Bertz CT molecular complexity index is 1100. The average Bonchev–Trinajstić information content (AvgIpc) is 2.90. The predicted molar refractivity (Wildman–Crippen MR) is 88.1 cm³/mol. The molecular formula is C18H12F2N4O. The van der Waals surface area contributed by atoms with E-state index in [-0.39, 0.29) is 6.54 Å². The molecule has 5 nitrogen and oxygen atoms in total. The molecule has 25 heavy (non-hydrogen) atoms. The normalized spacial score (nSPS) is 11.1. The topological polar surface area (TPSA) is 52.2 Å². The Kier molecular flexibility index (Phi) is 3.61. The molecule has 0 saturated heterocycles. The van der Waals surface area contributed by atoms with E-state index in [0.717, 1.165) is 16.3 Å². The van der Waals surface area contributed by atoms with Crippen molar-refractivity contribution >= 4 is 5.65 Å². The van der Waals surface area contributed by atoms with Crippen molar-refractivity contribution in [2.24, 2.45) is 0 Å². The van der Waals surface area contributed by atoms with Crippen LogP contribution in [0.4, 0.5) is 8.78 Å². The molecule has 0 amide bonds. The second kappa shape index (κ2) is 5.94. The molecular weight excluding hydrogens is 326 g/mol. The van der Waals surface area contributed by atoms with Gasteiger partial charge in [0.15, 0.2) is 5.65 Å². The lowest BCUT2D eigenvalue weighted by atomic mass is 10.1. The largest absolute Gasteiger partial charge is 0.367 e. The number of rotatable bonds is 3. The van der Waals surface area contributed by atoms with Crippen LogP contribution >= 0.6 is 0 Å². The summed E-state index contributed by atoms with van der Waals surface area (Å²) in [6.45, 7) is -0.0441. The Labute approximate surface area is 140 Å². The minimum Gasteiger partial charge on any atom is -0.244 e. The van der Waals surface area contributed by atoms with E-state index in [1.54, 1.807) is 12.1 Å². The van der Waals surface area contributed by atoms with Gasteiger partial charge in [-0.05, 0) is 29.8 Å². The number of fused-ring (bicyclic) bond motifs is 1. The highest BCUT2D eigenvalue weighted by molar-refractivity contribution is 5.59. The highest BCUT2D eigenvalue weighted by Crippen LogP contribution is 2.15. The Hall–Kier alpha value is -3.35. The summed E-state index contributed by atoms with van der Waals surface area (Å²) in [5.41, 5.74) is 1.70. The summed E-state index contributed by atoms with van der Waals surface area (Å²) in [7, 11) is 0. The number of benzene rings is 2. The number of halogens is 2. The van der Waals surface area contributed by atoms with Gasteiger partial charge in [0.25, 0.3) is 0 Å². The predicted octanol–water partition coefficient (Wildman–Crippen LogP) is 2.88. The van der Waals surface area contributed by atoms with Crippen LogP contribution in [0, 0.1) is 11.6 Å². The van der Waals surface area contributed by atoms with E-state index in [1.807, 2.05) is 30.3 Å². The average molecular weight is 338 g/mol. The first-order valence-corrected chi connectivity index (χ1v) is 7.57. The maximum atomic E-state index is 13.3. The standard InChI is InChI=1S/C18H12F2N4O/c19-14-8-12(9-15(20)10-14)11-23-18(25)24-17(22-23)7-6-16(21-24)13-4-2-1-3-5-13/h1-10H,11H2. The molecule has 0 bridgehead atoms. The highest BCUT2D eigenvalue weighted by atomic mass is 19.1. The minimum atomic E-state index is -0.698. The van der Waals surface area contributed by atoms with Gasteiger partial charge in [-0.2, -0.15) is 9.61 Å². The zero-order valence-corrected chi connectivity index (χ0v) is 12.9. The first-order valence-electron chi connectivity index (χ1n) is 7.57. The molecule has 2 heterocycles. The molecule has 4 rings (SSSR count). The summed E-state index contributed by atoms with van der Waals surface area (Å²) in [5, 5.41) is 8.48. The summed E-state index contributed by atoms with van der Waals surface area (Å²) in [5.74, 6) is -1.40. The number of hydrogen-bond acceptors (Lipinski definition) is 3. The highest BCUT2D eigenvalue weighted by Gasteiger charge is 2.11. The maximum absolute atomic E-state index is 13.3. The van der Waals surface area contributed by atoms with Gasteiger partial charge in [-0.15, -0.1) is 5.10 Å². The smallest absolute Gasteiger partial charge is 0.244 e. The van der Waals surface area contributed by atoms with Gasteiger partial charge in [-0.3, -0.25) is 0 Å². The number of nitrogens with zero attached hydrogens (tertiary/aromatic N) is 4. The van der Waals surface area contributed by atoms with Crippen LogP contribution in [0.2, 0.25) is 0 Å². The molecule has 0 fully saturated rings. The van der Waals surface area contributed by atoms with Gasteiger partial charge in [0.1, 0.15) is 11.6 Å². The van der Waals surface area contributed by atoms with Crippen LogP contribution in [-0.4, -0.2) is 19.4 Å². The molecule has 0 saturated carbocycles. The van der Waals surface area contributed by atoms with E-state index < -0.39 is 17.3 Å². The Morgan fingerprint density at radius 2 is 1.60 bits per heavy atom. The summed E-state index contributed by atoms with van der Waals surface area (Å²) in [6.07, 6.45) is 0. The zero-order valence-electron chi connectivity index (χ0n) is 12.9. The maximum Gasteiger partial charge on any atom is 0.367 e. The molecule has 0 spiro atoms. The Balaban J connectivity index is 1.76. The molecule has 0 aliphatic rings. The second-order valence-corrected chi connectivity index (χ2v) is 5.57. The molecule has 0 radical (unpaired) electrons. The van der Waals surface area contributed by atoms with Crippen LogP contribution in [0.15, 0.2) is 65.5 Å². The van der Waals surface area contributed by atoms with Gasteiger partial charge >= 0.3 is 5.69 Å². The van der Waals surface area contributed by atoms with Crippen molar-refractivity contribution in [3.05, 3.63) is 88.3 Å². The summed E-state index contributed by atoms with van der Waals surface area (Å²) in [6, 6.07) is 16.0. The van der Waals surface area contributed by atoms with E-state index in [1.165, 1.54) is 16.6 Å². The lowest BCUT2D eigenvalue weighted by Gasteiger charge is -2.01. The van der Waals surface area contributed by atoms with E-state index in [9.17, 15) is 13.6 Å². The van der Waals surface area contributed by atoms with E-state index in [2.05, 4.69) is 10.2 Å². The summed E-state index contributed by atoms with van der Waals surface area (Å²) in [4.78, 5) is 12.5. The van der Waals surface area contributed by atoms with Gasteiger partial charge in [0, 0.05) is 11.6 Å². The summed E-state index contributed by atoms with van der Waals surface area (Å²) >= 11 is 0. The molecule has 0 atom stereocenters. The Morgan fingerprint density at radius 3 is 2.32 bits per heavy atom. The molecule has 0 aliphatic heterocycles. The fourth-order valence-corrected chi connectivity index (χ4v) is 2.65. The van der Waals surface area contributed by atoms with Crippen molar-refractivity contribution in [3.8, 4) is 11.3 Å². The van der Waals surface area contributed by atoms with E-state index >= 15 is 0 Å². The SMILES string of the molecule is O=c1n(Cc2cc(F)cc(F)c2)nc2ccc(-c3ccccc3)nn12. The second-order valence-electron chi connectivity index (χ2n) is 5.57. The first-order chi connectivity index (χ1) is 12.1. The lowest BCUT2D eigenvalue weighted by molar-refractivity contribution is 0.572. The fraction of sp³-hybridized carbons (Fsp3) is 0.0556. The van der Waals surface area contributed by atoms with Crippen LogP contribution in [0.5, 0.6) is 0 Å². The van der Waals surface area contributed by atoms with Crippen LogP contribution in [0.1, 0.15) is 5.56 Å². The lowest BCUT2D eigenvalue weighted by Crippen LogP contribution is -2.23. The molecule has 0 N–H and O–H groups in total. The monoisotopic (exact) mass is 338 g/mol. The van der Waals surface area contributed by atoms with Gasteiger partial charge in [-0.25, -0.2) is 18.3 Å². The fourth-order valence-electron chi connectivity index (χ4n) is 2.65. The molecule has 7 heteroatoms. The first kappa shape index (κ1) is 15.2. The van der Waals surface area contributed by atoms with Crippen molar-refractivity contribution in [2.75, 3.05) is 0 Å². The van der Waals surface area contributed by atoms with Gasteiger partial charge < -0.3 is 0 Å². The molecule has 0 unspecified atom stereocenters. The molecule has 2 aromatic heterocycles. The molecule has 0 aliphatic carbocycles. The third-order valence-electron chi connectivity index (χ3n) is 3.76. The van der Waals surface area contributed by atoms with Crippen molar-refractivity contribution in [2.45, 2.75) is 6.54 Å². The van der Waals surface area contributed by atoms with Crippen LogP contribution in [-0.2, 0) is 6.54 Å². The van der Waals surface area contributed by atoms with Gasteiger partial charge in [0.2, 0.25) is 0 Å². The number of aromatic nitrogens is 4. The molecule has 4 aromatic rings. The van der Waals surface area contributed by atoms with Crippen molar-refractivity contribution < 1.29 is 8.78 Å². The zero-order chi connectivity index (χ0) is 17.4. The minimum absolute atomic E-state index is 0.0441.